The molecule has 0 aliphatic carbocycles. The monoisotopic (exact) mass is 214 g/mol. The lowest BCUT2D eigenvalue weighted by atomic mass is 10.1. The highest BCUT2D eigenvalue weighted by Gasteiger charge is 2.03. The normalized spacial score (nSPS) is 11.8. The summed E-state index contributed by atoms with van der Waals surface area (Å²) in [5.41, 5.74) is 3.11. The van der Waals surface area contributed by atoms with Crippen LogP contribution in [0.2, 0.25) is 0 Å². The van der Waals surface area contributed by atoms with Crippen molar-refractivity contribution in [1.82, 2.24) is 5.32 Å². The molecule has 16 heavy (non-hydrogen) atoms. The molecule has 1 unspecified atom stereocenters. The van der Waals surface area contributed by atoms with E-state index in [-0.39, 0.29) is 0 Å². The Morgan fingerprint density at radius 1 is 1.44 bits per heavy atom. The third-order valence-electron chi connectivity index (χ3n) is 2.54. The maximum atomic E-state index is 8.69. The Labute approximate surface area is 97.6 Å². The van der Waals surface area contributed by atoms with Crippen LogP contribution in [0.15, 0.2) is 36.4 Å². The van der Waals surface area contributed by atoms with E-state index in [0.29, 0.717) is 11.6 Å². The van der Waals surface area contributed by atoms with Crippen molar-refractivity contribution in [3.05, 3.63) is 47.5 Å². The topological polar surface area (TPSA) is 35.8 Å². The smallest absolute Gasteiger partial charge is 0.0991 e. The van der Waals surface area contributed by atoms with Gasteiger partial charge in [0.1, 0.15) is 0 Å². The van der Waals surface area contributed by atoms with Crippen LogP contribution in [-0.4, -0.2) is 6.54 Å². The molecule has 0 saturated carbocycles. The molecule has 2 heteroatoms. The molecule has 0 radical (unpaired) electrons. The zero-order valence-corrected chi connectivity index (χ0v) is 9.96. The first kappa shape index (κ1) is 12.5. The Bertz CT molecular complexity index is 384. The van der Waals surface area contributed by atoms with Crippen LogP contribution in [0, 0.1) is 11.3 Å². The van der Waals surface area contributed by atoms with Crippen molar-refractivity contribution in [2.24, 2.45) is 0 Å². The summed E-state index contributed by atoms with van der Waals surface area (Å²) in [6.07, 6.45) is 1.00. The molecule has 1 N–H and O–H groups in total. The van der Waals surface area contributed by atoms with Crippen LogP contribution in [0.3, 0.4) is 0 Å². The van der Waals surface area contributed by atoms with Gasteiger partial charge in [0.25, 0.3) is 0 Å². The zero-order valence-electron chi connectivity index (χ0n) is 9.96. The molecular formula is C14H18N2. The van der Waals surface area contributed by atoms with E-state index in [1.54, 1.807) is 0 Å². The highest BCUT2D eigenvalue weighted by molar-refractivity contribution is 5.32. The SMILES string of the molecule is C=C(C)CCNC(C)c1ccc(C#N)cc1. The average molecular weight is 214 g/mol. The highest BCUT2D eigenvalue weighted by Crippen LogP contribution is 2.13. The lowest BCUT2D eigenvalue weighted by Crippen LogP contribution is -2.19. The molecule has 0 aromatic heterocycles. The van der Waals surface area contributed by atoms with Crippen molar-refractivity contribution in [1.29, 1.82) is 5.26 Å². The molecule has 0 saturated heterocycles. The predicted octanol–water partition coefficient (Wildman–Crippen LogP) is 3.18. The number of nitrogens with one attached hydrogen (secondary N) is 1. The van der Waals surface area contributed by atoms with Crippen molar-refractivity contribution in [2.75, 3.05) is 6.54 Å². The van der Waals surface area contributed by atoms with Crippen LogP contribution in [0.1, 0.15) is 37.4 Å². The molecule has 1 aromatic rings. The third-order valence-corrected chi connectivity index (χ3v) is 2.54. The first-order valence-electron chi connectivity index (χ1n) is 5.51. The van der Waals surface area contributed by atoms with Crippen LogP contribution in [-0.2, 0) is 0 Å². The molecule has 0 aliphatic heterocycles. The summed E-state index contributed by atoms with van der Waals surface area (Å²) in [7, 11) is 0. The second kappa shape index (κ2) is 6.09. The van der Waals surface area contributed by atoms with Gasteiger partial charge < -0.3 is 5.32 Å². The largest absolute Gasteiger partial charge is 0.310 e. The van der Waals surface area contributed by atoms with Gasteiger partial charge in [0.05, 0.1) is 11.6 Å². The maximum absolute atomic E-state index is 8.69. The number of hydrogen-bond acceptors (Lipinski definition) is 2. The molecule has 0 fully saturated rings. The fourth-order valence-electron chi connectivity index (χ4n) is 1.47. The Morgan fingerprint density at radius 3 is 2.56 bits per heavy atom. The van der Waals surface area contributed by atoms with E-state index in [1.807, 2.05) is 31.2 Å². The van der Waals surface area contributed by atoms with Gasteiger partial charge in [0, 0.05) is 6.04 Å². The van der Waals surface area contributed by atoms with Crippen LogP contribution < -0.4 is 5.32 Å². The predicted molar refractivity (Wildman–Crippen MR) is 67.0 cm³/mol. The molecule has 2 nitrogen and oxygen atoms in total. The molecule has 0 heterocycles. The molecule has 84 valence electrons. The Hall–Kier alpha value is -1.59. The van der Waals surface area contributed by atoms with Crippen LogP contribution in [0.5, 0.6) is 0 Å². The first-order chi connectivity index (χ1) is 7.63. The fourth-order valence-corrected chi connectivity index (χ4v) is 1.47. The van der Waals surface area contributed by atoms with E-state index >= 15 is 0 Å². The summed E-state index contributed by atoms with van der Waals surface area (Å²) in [6.45, 7) is 8.97. The Morgan fingerprint density at radius 2 is 2.06 bits per heavy atom. The Kier molecular flexibility index (Phi) is 4.75. The molecule has 0 bridgehead atoms. The summed E-state index contributed by atoms with van der Waals surface area (Å²) in [5.74, 6) is 0. The van der Waals surface area contributed by atoms with E-state index in [1.165, 1.54) is 11.1 Å². The quantitative estimate of drug-likeness (QED) is 0.764. The number of hydrogen-bond donors (Lipinski definition) is 1. The average Bonchev–Trinajstić information content (AvgIpc) is 2.28. The molecule has 0 aliphatic rings. The van der Waals surface area contributed by atoms with Crippen molar-refractivity contribution in [3.8, 4) is 6.07 Å². The van der Waals surface area contributed by atoms with Gasteiger partial charge in [0.2, 0.25) is 0 Å². The number of nitriles is 1. The maximum Gasteiger partial charge on any atom is 0.0991 e. The van der Waals surface area contributed by atoms with Crippen LogP contribution >= 0.6 is 0 Å². The number of rotatable bonds is 5. The van der Waals surface area contributed by atoms with Crippen molar-refractivity contribution < 1.29 is 0 Å². The van der Waals surface area contributed by atoms with Gasteiger partial charge in [-0.2, -0.15) is 5.26 Å². The zero-order chi connectivity index (χ0) is 12.0. The summed E-state index contributed by atoms with van der Waals surface area (Å²) in [4.78, 5) is 0. The summed E-state index contributed by atoms with van der Waals surface area (Å²) < 4.78 is 0. The van der Waals surface area contributed by atoms with E-state index in [4.69, 9.17) is 5.26 Å². The molecule has 1 aromatic carbocycles. The van der Waals surface area contributed by atoms with Gasteiger partial charge in [-0.05, 0) is 44.5 Å². The molecule has 0 amide bonds. The summed E-state index contributed by atoms with van der Waals surface area (Å²) >= 11 is 0. The minimum absolute atomic E-state index is 0.312. The fraction of sp³-hybridized carbons (Fsp3) is 0.357. The summed E-state index contributed by atoms with van der Waals surface area (Å²) in [6, 6.07) is 10.1. The van der Waals surface area contributed by atoms with Crippen molar-refractivity contribution in [2.45, 2.75) is 26.3 Å². The van der Waals surface area contributed by atoms with Crippen LogP contribution in [0.4, 0.5) is 0 Å². The van der Waals surface area contributed by atoms with Gasteiger partial charge >= 0.3 is 0 Å². The lowest BCUT2D eigenvalue weighted by Gasteiger charge is -2.14. The van der Waals surface area contributed by atoms with Crippen molar-refractivity contribution >= 4 is 0 Å². The van der Waals surface area contributed by atoms with E-state index in [0.717, 1.165) is 13.0 Å². The van der Waals surface area contributed by atoms with E-state index in [9.17, 15) is 0 Å². The number of benzene rings is 1. The molecule has 1 rings (SSSR count). The minimum atomic E-state index is 0.312. The van der Waals surface area contributed by atoms with Gasteiger partial charge in [-0.15, -0.1) is 6.58 Å². The van der Waals surface area contributed by atoms with Gasteiger partial charge in [-0.1, -0.05) is 17.7 Å². The summed E-state index contributed by atoms with van der Waals surface area (Å²) in [5, 5.41) is 12.1. The third kappa shape index (κ3) is 3.88. The lowest BCUT2D eigenvalue weighted by molar-refractivity contribution is 0.576. The van der Waals surface area contributed by atoms with E-state index in [2.05, 4.69) is 24.9 Å². The van der Waals surface area contributed by atoms with Gasteiger partial charge in [-0.3, -0.25) is 0 Å². The molecular weight excluding hydrogens is 196 g/mol. The number of nitrogens with zero attached hydrogens (tertiary/aromatic N) is 1. The van der Waals surface area contributed by atoms with Crippen LogP contribution in [0.25, 0.3) is 0 Å². The van der Waals surface area contributed by atoms with E-state index < -0.39 is 0 Å². The second-order valence-electron chi connectivity index (χ2n) is 4.12. The highest BCUT2D eigenvalue weighted by atomic mass is 14.9. The van der Waals surface area contributed by atoms with Crippen molar-refractivity contribution in [3.63, 3.8) is 0 Å². The van der Waals surface area contributed by atoms with Gasteiger partial charge in [0.15, 0.2) is 0 Å². The standard InChI is InChI=1S/C14H18N2/c1-11(2)8-9-16-12(3)14-6-4-13(10-15)5-7-14/h4-7,12,16H,1,8-9H2,2-3H3. The molecule has 0 spiro atoms. The van der Waals surface area contributed by atoms with Gasteiger partial charge in [-0.25, -0.2) is 0 Å². The first-order valence-corrected chi connectivity index (χ1v) is 5.51. The second-order valence-corrected chi connectivity index (χ2v) is 4.12. The molecule has 1 atom stereocenters. The Balaban J connectivity index is 2.49. The minimum Gasteiger partial charge on any atom is -0.310 e.